The maximum Gasteiger partial charge on any atom is 0.165 e. The number of nitrogens with zero attached hydrogens (tertiary/aromatic N) is 2. The van der Waals surface area contributed by atoms with E-state index in [-0.39, 0.29) is 16.9 Å². The van der Waals surface area contributed by atoms with Crippen molar-refractivity contribution in [3.63, 3.8) is 0 Å². The molecule has 0 unspecified atom stereocenters. The molecule has 0 spiro atoms. The Labute approximate surface area is 167 Å². The van der Waals surface area contributed by atoms with Crippen LogP contribution in [-0.4, -0.2) is 26.8 Å². The van der Waals surface area contributed by atoms with Crippen LogP contribution in [0.2, 0.25) is 0 Å². The zero-order valence-corrected chi connectivity index (χ0v) is 17.3. The number of fused-ring (bicyclic) bond motifs is 5. The summed E-state index contributed by atoms with van der Waals surface area (Å²) in [6, 6.07) is 1.98. The third-order valence-corrected chi connectivity index (χ3v) is 8.90. The lowest BCUT2D eigenvalue weighted by Gasteiger charge is -2.56. The molecule has 1 N–H and O–H groups in total. The third-order valence-electron chi connectivity index (χ3n) is 8.90. The highest BCUT2D eigenvalue weighted by atomic mass is 16.3. The molecule has 4 heteroatoms. The van der Waals surface area contributed by atoms with Gasteiger partial charge in [0.25, 0.3) is 0 Å². The average molecular weight is 381 g/mol. The summed E-state index contributed by atoms with van der Waals surface area (Å²) in [7, 11) is 1.93. The van der Waals surface area contributed by atoms with E-state index >= 15 is 0 Å². The predicted octanol–water partition coefficient (Wildman–Crippen LogP) is 4.31. The Hall–Kier alpha value is -1.68. The van der Waals surface area contributed by atoms with Gasteiger partial charge < -0.3 is 5.11 Å². The van der Waals surface area contributed by atoms with Crippen molar-refractivity contribution >= 4 is 11.9 Å². The maximum absolute atomic E-state index is 13.4. The van der Waals surface area contributed by atoms with E-state index in [2.05, 4.69) is 31.1 Å². The summed E-state index contributed by atoms with van der Waals surface area (Å²) >= 11 is 0. The molecular weight excluding hydrogens is 348 g/mol. The van der Waals surface area contributed by atoms with E-state index in [1.165, 1.54) is 5.57 Å². The second-order valence-electron chi connectivity index (χ2n) is 10.2. The fourth-order valence-corrected chi connectivity index (χ4v) is 7.15. The van der Waals surface area contributed by atoms with Gasteiger partial charge in [-0.15, -0.1) is 0 Å². The summed E-state index contributed by atoms with van der Waals surface area (Å²) < 4.78 is 1.84. The summed E-state index contributed by atoms with van der Waals surface area (Å²) in [5, 5.41) is 14.4. The molecule has 3 fully saturated rings. The Kier molecular flexibility index (Phi) is 4.04. The highest BCUT2D eigenvalue weighted by Gasteiger charge is 2.59. The number of allylic oxidation sites excluding steroid dienone is 2. The van der Waals surface area contributed by atoms with Crippen LogP contribution in [0, 0.1) is 28.6 Å². The minimum Gasteiger partial charge on any atom is -0.393 e. The van der Waals surface area contributed by atoms with Crippen LogP contribution in [0.3, 0.4) is 0 Å². The standard InChI is InChI=1S/C24H32N2O2/c1-23-9-6-18(27)14-16(23)4-5-19-20(23)7-10-24(2)21(19)13-15(22(24)28)12-17-8-11-25-26(17)3/h4,8,11-12,18-21,27H,5-7,9-10,13-14H2,1-3H3/b15-12-/t18-,19-,20+,21+,23-,24-/m0/s1. The zero-order valence-electron chi connectivity index (χ0n) is 17.3. The largest absolute Gasteiger partial charge is 0.393 e. The molecule has 1 aromatic heterocycles. The third kappa shape index (κ3) is 2.46. The van der Waals surface area contributed by atoms with Gasteiger partial charge in [0, 0.05) is 18.7 Å². The Morgan fingerprint density at radius 3 is 2.71 bits per heavy atom. The lowest BCUT2D eigenvalue weighted by atomic mass is 9.48. The molecule has 1 aromatic rings. The Morgan fingerprint density at radius 2 is 1.96 bits per heavy atom. The molecule has 4 nitrogen and oxygen atoms in total. The number of aryl methyl sites for hydroxylation is 1. The van der Waals surface area contributed by atoms with Gasteiger partial charge in [0.2, 0.25) is 0 Å². The van der Waals surface area contributed by atoms with Gasteiger partial charge in [-0.3, -0.25) is 9.48 Å². The highest BCUT2D eigenvalue weighted by molar-refractivity contribution is 6.05. The quantitative estimate of drug-likeness (QED) is 0.583. The second-order valence-corrected chi connectivity index (χ2v) is 10.2. The Bertz CT molecular complexity index is 881. The van der Waals surface area contributed by atoms with Crippen LogP contribution in [0.4, 0.5) is 0 Å². The van der Waals surface area contributed by atoms with Gasteiger partial charge in [-0.25, -0.2) is 0 Å². The first-order valence-corrected chi connectivity index (χ1v) is 10.9. The first-order chi connectivity index (χ1) is 13.3. The van der Waals surface area contributed by atoms with Crippen molar-refractivity contribution in [3.8, 4) is 0 Å². The van der Waals surface area contributed by atoms with Crippen molar-refractivity contribution in [2.75, 3.05) is 0 Å². The van der Waals surface area contributed by atoms with E-state index in [4.69, 9.17) is 0 Å². The summed E-state index contributed by atoms with van der Waals surface area (Å²) in [4.78, 5) is 13.4. The number of Topliss-reactive ketones (excluding diaryl/α,β-unsaturated/α-hetero) is 1. The minimum absolute atomic E-state index is 0.161. The van der Waals surface area contributed by atoms with Gasteiger partial charge in [0.05, 0.1) is 11.8 Å². The van der Waals surface area contributed by atoms with Crippen LogP contribution in [0.5, 0.6) is 0 Å². The van der Waals surface area contributed by atoms with E-state index < -0.39 is 0 Å². The van der Waals surface area contributed by atoms with Gasteiger partial charge in [-0.2, -0.15) is 5.10 Å². The van der Waals surface area contributed by atoms with Crippen molar-refractivity contribution in [1.29, 1.82) is 0 Å². The summed E-state index contributed by atoms with van der Waals surface area (Å²) in [6.07, 6.45) is 13.1. The van der Waals surface area contributed by atoms with Crippen LogP contribution in [-0.2, 0) is 11.8 Å². The predicted molar refractivity (Wildman–Crippen MR) is 109 cm³/mol. The number of aliphatic hydroxyl groups excluding tert-OH is 1. The number of carbonyl (C=O) groups excluding carboxylic acids is 1. The lowest BCUT2D eigenvalue weighted by molar-refractivity contribution is -0.130. The number of hydrogen-bond donors (Lipinski definition) is 1. The molecule has 0 aromatic carbocycles. The van der Waals surface area contributed by atoms with Crippen LogP contribution in [0.15, 0.2) is 29.5 Å². The molecule has 4 aliphatic rings. The molecule has 28 heavy (non-hydrogen) atoms. The van der Waals surface area contributed by atoms with Crippen molar-refractivity contribution in [2.45, 2.75) is 64.9 Å². The number of carbonyl (C=O) groups is 1. The highest BCUT2D eigenvalue weighted by Crippen LogP contribution is 2.64. The maximum atomic E-state index is 13.4. The number of ketones is 1. The molecule has 150 valence electrons. The zero-order chi connectivity index (χ0) is 19.7. The number of hydrogen-bond acceptors (Lipinski definition) is 3. The average Bonchev–Trinajstić information content (AvgIpc) is 3.18. The number of aromatic nitrogens is 2. The smallest absolute Gasteiger partial charge is 0.165 e. The van der Waals surface area contributed by atoms with E-state index in [9.17, 15) is 9.90 Å². The van der Waals surface area contributed by atoms with E-state index in [0.717, 1.165) is 56.2 Å². The summed E-state index contributed by atoms with van der Waals surface area (Å²) in [5.74, 6) is 2.06. The van der Waals surface area contributed by atoms with Crippen molar-refractivity contribution < 1.29 is 9.90 Å². The van der Waals surface area contributed by atoms with Crippen molar-refractivity contribution in [3.05, 3.63) is 35.2 Å². The van der Waals surface area contributed by atoms with Gasteiger partial charge in [-0.1, -0.05) is 25.5 Å². The molecule has 4 aliphatic carbocycles. The molecule has 0 amide bonds. The Balaban J connectivity index is 1.49. The fourth-order valence-electron chi connectivity index (χ4n) is 7.15. The van der Waals surface area contributed by atoms with E-state index in [0.29, 0.717) is 23.5 Å². The number of aliphatic hydroxyl groups is 1. The van der Waals surface area contributed by atoms with E-state index in [1.54, 1.807) is 6.20 Å². The van der Waals surface area contributed by atoms with Gasteiger partial charge in [0.1, 0.15) is 0 Å². The van der Waals surface area contributed by atoms with Gasteiger partial charge in [-0.05, 0) is 85.8 Å². The topological polar surface area (TPSA) is 55.1 Å². The van der Waals surface area contributed by atoms with Crippen LogP contribution in [0.1, 0.15) is 64.5 Å². The van der Waals surface area contributed by atoms with Gasteiger partial charge >= 0.3 is 0 Å². The molecular formula is C24H32N2O2. The van der Waals surface area contributed by atoms with Crippen molar-refractivity contribution in [1.82, 2.24) is 9.78 Å². The summed E-state index contributed by atoms with van der Waals surface area (Å²) in [5.41, 5.74) is 3.52. The Morgan fingerprint density at radius 1 is 1.18 bits per heavy atom. The molecule has 3 saturated carbocycles. The molecule has 0 bridgehead atoms. The molecule has 1 heterocycles. The van der Waals surface area contributed by atoms with Crippen molar-refractivity contribution in [2.24, 2.45) is 35.6 Å². The first kappa shape index (κ1) is 18.4. The van der Waals surface area contributed by atoms with Crippen LogP contribution >= 0.6 is 0 Å². The normalized spacial score (nSPS) is 44.1. The summed E-state index contributed by atoms with van der Waals surface area (Å²) in [6.45, 7) is 4.67. The molecule has 0 aliphatic heterocycles. The van der Waals surface area contributed by atoms with Crippen LogP contribution < -0.4 is 0 Å². The van der Waals surface area contributed by atoms with Gasteiger partial charge in [0.15, 0.2) is 5.78 Å². The molecule has 6 atom stereocenters. The van der Waals surface area contributed by atoms with E-state index in [1.807, 2.05) is 17.8 Å². The van der Waals surface area contributed by atoms with Crippen LogP contribution in [0.25, 0.3) is 6.08 Å². The molecule has 0 saturated heterocycles. The monoisotopic (exact) mass is 380 g/mol. The number of rotatable bonds is 1. The SMILES string of the molecule is Cn1nccc1/C=C1/C[C@@H]2[C@H]3CC=C4C[C@@H](O)CC[C@]4(C)[C@@H]3CC[C@]2(C)C1=O. The molecule has 5 rings (SSSR count). The fraction of sp³-hybridized carbons (Fsp3) is 0.667. The first-order valence-electron chi connectivity index (χ1n) is 10.9. The second kappa shape index (κ2) is 6.16. The lowest BCUT2D eigenvalue weighted by Crippen LogP contribution is -2.50. The molecule has 0 radical (unpaired) electrons. The minimum atomic E-state index is -0.207.